The van der Waals surface area contributed by atoms with Crippen molar-refractivity contribution in [2.75, 3.05) is 12.3 Å². The number of nitrogens with two attached hydrogens (primary N) is 1. The van der Waals surface area contributed by atoms with E-state index in [4.69, 9.17) is 15.2 Å². The van der Waals surface area contributed by atoms with Crippen molar-refractivity contribution < 1.29 is 9.47 Å². The molecule has 0 amide bonds. The fourth-order valence-electron chi connectivity index (χ4n) is 0.997. The molecule has 0 atom stereocenters. The van der Waals surface area contributed by atoms with Gasteiger partial charge in [-0.2, -0.15) is 9.97 Å². The number of rotatable bonds is 6. The molecule has 1 aromatic rings. The predicted molar refractivity (Wildman–Crippen MR) is 64.9 cm³/mol. The van der Waals surface area contributed by atoms with E-state index >= 15 is 0 Å². The average molecular weight is 238 g/mol. The number of anilines is 1. The molecule has 94 valence electrons. The molecule has 0 unspecified atom stereocenters. The molecule has 0 saturated carbocycles. The van der Waals surface area contributed by atoms with Gasteiger partial charge in [-0.3, -0.25) is 0 Å². The molecule has 1 heterocycles. The van der Waals surface area contributed by atoms with Gasteiger partial charge in [0.15, 0.2) is 0 Å². The Morgan fingerprint density at radius 3 is 2.53 bits per heavy atom. The number of ether oxygens (including phenoxy) is 2. The van der Waals surface area contributed by atoms with Crippen LogP contribution in [0.25, 0.3) is 0 Å². The lowest BCUT2D eigenvalue weighted by Gasteiger charge is -2.09. The third kappa shape index (κ3) is 5.14. The van der Waals surface area contributed by atoms with E-state index in [2.05, 4.69) is 21.5 Å². The van der Waals surface area contributed by atoms with Crippen molar-refractivity contribution in [2.24, 2.45) is 0 Å². The molecule has 0 fully saturated rings. The van der Waals surface area contributed by atoms with Crippen molar-refractivity contribution in [1.29, 1.82) is 0 Å². The Kier molecular flexibility index (Phi) is 4.68. The van der Waals surface area contributed by atoms with E-state index in [0.29, 0.717) is 6.61 Å². The molecule has 6 nitrogen and oxygen atoms in total. The summed E-state index contributed by atoms with van der Waals surface area (Å²) < 4.78 is 10.7. The molecule has 0 aliphatic carbocycles. The van der Waals surface area contributed by atoms with Gasteiger partial charge in [0.05, 0.1) is 12.7 Å². The molecule has 0 aliphatic heterocycles. The fourth-order valence-corrected chi connectivity index (χ4v) is 0.997. The van der Waals surface area contributed by atoms with E-state index in [9.17, 15) is 0 Å². The Balaban J connectivity index is 2.65. The third-order valence-electron chi connectivity index (χ3n) is 1.71. The number of hydrogen-bond donors (Lipinski definition) is 1. The highest BCUT2D eigenvalue weighted by atomic mass is 16.5. The zero-order chi connectivity index (χ0) is 12.8. The molecule has 0 radical (unpaired) electrons. The molecule has 1 rings (SSSR count). The van der Waals surface area contributed by atoms with Crippen LogP contribution in [0.1, 0.15) is 27.2 Å². The summed E-state index contributed by atoms with van der Waals surface area (Å²) in [6.07, 6.45) is 0.714. The van der Waals surface area contributed by atoms with Gasteiger partial charge in [0.1, 0.15) is 0 Å². The van der Waals surface area contributed by atoms with Crippen molar-refractivity contribution in [3.8, 4) is 12.0 Å². The summed E-state index contributed by atoms with van der Waals surface area (Å²) in [5.41, 5.74) is 6.56. The lowest BCUT2D eigenvalue weighted by Crippen LogP contribution is -2.12. The molecule has 1 aromatic heterocycles. The first kappa shape index (κ1) is 13.2. The van der Waals surface area contributed by atoms with Crippen LogP contribution in [0.15, 0.2) is 12.2 Å². The zero-order valence-corrected chi connectivity index (χ0v) is 10.4. The van der Waals surface area contributed by atoms with Crippen molar-refractivity contribution in [3.63, 3.8) is 0 Å². The van der Waals surface area contributed by atoms with E-state index in [1.54, 1.807) is 0 Å². The molecule has 0 bridgehead atoms. The number of aromatic nitrogens is 3. The van der Waals surface area contributed by atoms with Crippen LogP contribution in [-0.2, 0) is 0 Å². The molecule has 0 saturated heterocycles. The molecule has 17 heavy (non-hydrogen) atoms. The quantitative estimate of drug-likeness (QED) is 0.758. The second-order valence-electron chi connectivity index (χ2n) is 3.98. The Morgan fingerprint density at radius 1 is 1.29 bits per heavy atom. The summed E-state index contributed by atoms with van der Waals surface area (Å²) in [6.45, 7) is 9.92. The van der Waals surface area contributed by atoms with Gasteiger partial charge in [-0.05, 0) is 20.8 Å². The molecule has 2 N–H and O–H groups in total. The second kappa shape index (κ2) is 6.03. The van der Waals surface area contributed by atoms with E-state index < -0.39 is 0 Å². The number of nitrogen functional groups attached to an aromatic ring is 1. The van der Waals surface area contributed by atoms with Crippen LogP contribution in [0.4, 0.5) is 5.95 Å². The third-order valence-corrected chi connectivity index (χ3v) is 1.71. The summed E-state index contributed by atoms with van der Waals surface area (Å²) in [6, 6.07) is 0.354. The standard InChI is InChI=1S/C11H18N4O2/c1-7(2)5-6-16-10-13-9(12)14-11(15-10)17-8(3)4/h8H,1,5-6H2,2-4H3,(H2,12,13,14,15). The van der Waals surface area contributed by atoms with Gasteiger partial charge in [0.25, 0.3) is 0 Å². The Bertz CT molecular complexity index is 393. The minimum Gasteiger partial charge on any atom is -0.463 e. The smallest absolute Gasteiger partial charge is 0.324 e. The van der Waals surface area contributed by atoms with Crippen LogP contribution in [0.2, 0.25) is 0 Å². The summed E-state index contributed by atoms with van der Waals surface area (Å²) in [7, 11) is 0. The topological polar surface area (TPSA) is 83.2 Å². The van der Waals surface area contributed by atoms with Gasteiger partial charge in [-0.15, -0.1) is 11.6 Å². The summed E-state index contributed by atoms with van der Waals surface area (Å²) in [5.74, 6) is 0.0842. The van der Waals surface area contributed by atoms with Gasteiger partial charge >= 0.3 is 12.0 Å². The van der Waals surface area contributed by atoms with Crippen LogP contribution in [0.5, 0.6) is 12.0 Å². The van der Waals surface area contributed by atoms with Gasteiger partial charge in [0.2, 0.25) is 5.95 Å². The molecular weight excluding hydrogens is 220 g/mol. The van der Waals surface area contributed by atoms with E-state index in [0.717, 1.165) is 12.0 Å². The maximum Gasteiger partial charge on any atom is 0.324 e. The first-order valence-corrected chi connectivity index (χ1v) is 5.42. The van der Waals surface area contributed by atoms with Crippen molar-refractivity contribution in [2.45, 2.75) is 33.3 Å². The number of hydrogen-bond acceptors (Lipinski definition) is 6. The Labute approximate surface area is 101 Å². The van der Waals surface area contributed by atoms with Crippen LogP contribution in [0.3, 0.4) is 0 Å². The summed E-state index contributed by atoms with van der Waals surface area (Å²) >= 11 is 0. The van der Waals surface area contributed by atoms with E-state index in [1.165, 1.54) is 0 Å². The molecule has 6 heteroatoms. The highest BCUT2D eigenvalue weighted by molar-refractivity contribution is 5.20. The maximum atomic E-state index is 5.53. The van der Waals surface area contributed by atoms with Crippen LogP contribution in [0, 0.1) is 0 Å². The van der Waals surface area contributed by atoms with Crippen LogP contribution >= 0.6 is 0 Å². The molecule has 0 aromatic carbocycles. The zero-order valence-electron chi connectivity index (χ0n) is 10.4. The monoisotopic (exact) mass is 238 g/mol. The Morgan fingerprint density at radius 2 is 1.94 bits per heavy atom. The fraction of sp³-hybridized carbons (Fsp3) is 0.545. The van der Waals surface area contributed by atoms with E-state index in [1.807, 2.05) is 20.8 Å². The van der Waals surface area contributed by atoms with Gasteiger partial charge in [-0.1, -0.05) is 5.57 Å². The second-order valence-corrected chi connectivity index (χ2v) is 3.98. The first-order chi connectivity index (χ1) is 7.97. The largest absolute Gasteiger partial charge is 0.463 e. The van der Waals surface area contributed by atoms with Gasteiger partial charge in [-0.25, -0.2) is 0 Å². The molecule has 0 aliphatic rings. The van der Waals surface area contributed by atoms with E-state index in [-0.39, 0.29) is 24.1 Å². The minimum absolute atomic E-state index is 0.0277. The lowest BCUT2D eigenvalue weighted by molar-refractivity contribution is 0.213. The maximum absolute atomic E-state index is 5.53. The van der Waals surface area contributed by atoms with Crippen LogP contribution in [-0.4, -0.2) is 27.7 Å². The normalized spacial score (nSPS) is 10.4. The highest BCUT2D eigenvalue weighted by Crippen LogP contribution is 2.12. The van der Waals surface area contributed by atoms with Crippen LogP contribution < -0.4 is 15.2 Å². The summed E-state index contributed by atoms with van der Waals surface area (Å²) in [4.78, 5) is 11.7. The highest BCUT2D eigenvalue weighted by Gasteiger charge is 2.07. The first-order valence-electron chi connectivity index (χ1n) is 5.42. The average Bonchev–Trinajstić information content (AvgIpc) is 2.14. The van der Waals surface area contributed by atoms with Crippen molar-refractivity contribution >= 4 is 5.95 Å². The predicted octanol–water partition coefficient (Wildman–Crippen LogP) is 1.59. The van der Waals surface area contributed by atoms with Gasteiger partial charge < -0.3 is 15.2 Å². The minimum atomic E-state index is -0.0277. The SMILES string of the molecule is C=C(C)CCOc1nc(N)nc(OC(C)C)n1. The van der Waals surface area contributed by atoms with Crippen molar-refractivity contribution in [3.05, 3.63) is 12.2 Å². The Hall–Kier alpha value is -1.85. The van der Waals surface area contributed by atoms with Gasteiger partial charge in [0, 0.05) is 6.42 Å². The lowest BCUT2D eigenvalue weighted by atomic mass is 10.3. The molecule has 0 spiro atoms. The van der Waals surface area contributed by atoms with Crippen molar-refractivity contribution in [1.82, 2.24) is 15.0 Å². The number of nitrogens with zero attached hydrogens (tertiary/aromatic N) is 3. The summed E-state index contributed by atoms with van der Waals surface area (Å²) in [5, 5.41) is 0. The molecular formula is C11H18N4O2.